The van der Waals surface area contributed by atoms with Crippen molar-refractivity contribution < 1.29 is 0 Å². The smallest absolute Gasteiger partial charge is 0.0627 e. The van der Waals surface area contributed by atoms with Crippen LogP contribution in [-0.4, -0.2) is 22.5 Å². The fraction of sp³-hybridized carbons (Fsp3) is 0.444. The molecule has 2 nitrogen and oxygen atoms in total. The van der Waals surface area contributed by atoms with Crippen LogP contribution in [0.25, 0.3) is 17.2 Å². The first kappa shape index (κ1) is 18.7. The Morgan fingerprint density at radius 2 is 1.97 bits per heavy atom. The average molecular weight is 385 g/mol. The van der Waals surface area contributed by atoms with E-state index < -0.39 is 0 Å². The molecule has 1 aromatic heterocycles. The zero-order chi connectivity index (χ0) is 19.8. The van der Waals surface area contributed by atoms with E-state index in [1.807, 2.05) is 6.20 Å². The van der Waals surface area contributed by atoms with Crippen molar-refractivity contribution >= 4 is 6.08 Å². The number of piperidine rings is 1. The highest BCUT2D eigenvalue weighted by Crippen LogP contribution is 2.48. The maximum absolute atomic E-state index is 4.76. The summed E-state index contributed by atoms with van der Waals surface area (Å²) < 4.78 is 0. The summed E-state index contributed by atoms with van der Waals surface area (Å²) in [5.74, 6) is 2.34. The minimum Gasteiger partial charge on any atom is -0.371 e. The Bertz CT molecular complexity index is 910. The van der Waals surface area contributed by atoms with Gasteiger partial charge in [-0.3, -0.25) is 4.98 Å². The Morgan fingerprint density at radius 3 is 2.79 bits per heavy atom. The number of fused-ring (bicyclic) bond motifs is 2. The molecule has 1 saturated carbocycles. The summed E-state index contributed by atoms with van der Waals surface area (Å²) in [5.41, 5.74) is 6.16. The minimum atomic E-state index is 0.645. The highest BCUT2D eigenvalue weighted by molar-refractivity contribution is 5.64. The van der Waals surface area contributed by atoms with Gasteiger partial charge in [0.05, 0.1) is 5.69 Å². The van der Waals surface area contributed by atoms with Crippen LogP contribution in [0, 0.1) is 24.7 Å². The Balaban J connectivity index is 1.37. The number of rotatable bonds is 3. The van der Waals surface area contributed by atoms with E-state index >= 15 is 0 Å². The van der Waals surface area contributed by atoms with Crippen LogP contribution in [0.3, 0.4) is 0 Å². The molecule has 3 aliphatic rings. The third-order valence-corrected chi connectivity index (χ3v) is 7.50. The van der Waals surface area contributed by atoms with Crippen molar-refractivity contribution in [2.75, 3.05) is 6.54 Å². The second-order valence-electron chi connectivity index (χ2n) is 9.31. The molecule has 1 aliphatic carbocycles. The second-order valence-corrected chi connectivity index (χ2v) is 9.31. The predicted molar refractivity (Wildman–Crippen MR) is 121 cm³/mol. The first-order valence-corrected chi connectivity index (χ1v) is 11.3. The maximum Gasteiger partial charge on any atom is 0.0627 e. The van der Waals surface area contributed by atoms with Crippen molar-refractivity contribution in [1.82, 2.24) is 9.88 Å². The van der Waals surface area contributed by atoms with E-state index in [0.717, 1.165) is 17.5 Å². The van der Waals surface area contributed by atoms with E-state index in [1.165, 1.54) is 67.5 Å². The molecular formula is C27H32N2. The second kappa shape index (κ2) is 7.82. The van der Waals surface area contributed by atoms with Crippen molar-refractivity contribution in [3.63, 3.8) is 0 Å². The predicted octanol–water partition coefficient (Wildman–Crippen LogP) is 6.48. The maximum atomic E-state index is 4.76. The molecule has 4 atom stereocenters. The summed E-state index contributed by atoms with van der Waals surface area (Å²) in [6.45, 7) is 7.75. The lowest BCUT2D eigenvalue weighted by Gasteiger charge is -2.49. The molecule has 5 rings (SSSR count). The van der Waals surface area contributed by atoms with Gasteiger partial charge in [0.15, 0.2) is 0 Å². The highest BCUT2D eigenvalue weighted by Gasteiger charge is 2.45. The summed E-state index contributed by atoms with van der Waals surface area (Å²) in [6, 6.07) is 13.7. The van der Waals surface area contributed by atoms with Crippen molar-refractivity contribution in [1.29, 1.82) is 0 Å². The summed E-state index contributed by atoms with van der Waals surface area (Å²) in [5, 5.41) is 0. The first-order chi connectivity index (χ1) is 14.2. The number of aryl methyl sites for hydroxylation is 1. The van der Waals surface area contributed by atoms with Crippen molar-refractivity contribution in [2.24, 2.45) is 17.8 Å². The third-order valence-electron chi connectivity index (χ3n) is 7.50. The van der Waals surface area contributed by atoms with E-state index in [9.17, 15) is 0 Å². The van der Waals surface area contributed by atoms with Crippen LogP contribution in [0.2, 0.25) is 0 Å². The van der Waals surface area contributed by atoms with Gasteiger partial charge < -0.3 is 4.90 Å². The molecule has 2 aliphatic heterocycles. The summed E-state index contributed by atoms with van der Waals surface area (Å²) >= 11 is 0. The fourth-order valence-corrected chi connectivity index (χ4v) is 6.00. The number of hydrogen-bond donors (Lipinski definition) is 0. The lowest BCUT2D eigenvalue weighted by Crippen LogP contribution is -2.50. The standard InChI is InChI=1S/C27H32N2/c1-19-6-5-8-21(16-19)22-11-12-24(28-17-22)13-14-26-25-9-4-3-7-23(25)18-29-20(2)10-15-27(26)29/h5-6,8,11-14,16-17,23,25-27H,2-4,7,9-10,15,18H2,1H3/b14-13+. The molecule has 2 aromatic rings. The van der Waals surface area contributed by atoms with Gasteiger partial charge in [-0.1, -0.05) is 61.4 Å². The van der Waals surface area contributed by atoms with Gasteiger partial charge in [0.1, 0.15) is 0 Å². The van der Waals surface area contributed by atoms with Crippen molar-refractivity contribution in [3.8, 4) is 11.1 Å². The average Bonchev–Trinajstić information content (AvgIpc) is 3.12. The molecule has 3 fully saturated rings. The summed E-state index contributed by atoms with van der Waals surface area (Å²) in [4.78, 5) is 7.40. The van der Waals surface area contributed by atoms with Crippen LogP contribution in [0.15, 0.2) is 60.9 Å². The zero-order valence-electron chi connectivity index (χ0n) is 17.6. The molecule has 29 heavy (non-hydrogen) atoms. The summed E-state index contributed by atoms with van der Waals surface area (Å²) in [7, 11) is 0. The molecule has 0 radical (unpaired) electrons. The van der Waals surface area contributed by atoms with Gasteiger partial charge in [-0.15, -0.1) is 0 Å². The molecule has 3 heterocycles. The Kier molecular flexibility index (Phi) is 5.03. The molecule has 0 N–H and O–H groups in total. The number of pyridine rings is 1. The van der Waals surface area contributed by atoms with Gasteiger partial charge in [-0.2, -0.15) is 0 Å². The van der Waals surface area contributed by atoms with E-state index in [4.69, 9.17) is 4.98 Å². The highest BCUT2D eigenvalue weighted by atomic mass is 15.2. The molecule has 150 valence electrons. The molecule has 0 spiro atoms. The SMILES string of the molecule is C=C1CCC2C(/C=C/c3ccc(-c4cccc(C)c4)cn3)C3CCCCC3CN12. The van der Waals surface area contributed by atoms with Gasteiger partial charge in [-0.25, -0.2) is 0 Å². The first-order valence-electron chi connectivity index (χ1n) is 11.3. The number of nitrogens with zero attached hydrogens (tertiary/aromatic N) is 2. The van der Waals surface area contributed by atoms with E-state index in [0.29, 0.717) is 12.0 Å². The van der Waals surface area contributed by atoms with Crippen molar-refractivity contribution in [3.05, 3.63) is 72.2 Å². The lowest BCUT2D eigenvalue weighted by atomic mass is 9.67. The molecule has 2 heteroatoms. The van der Waals surface area contributed by atoms with Crippen LogP contribution in [0.1, 0.15) is 49.8 Å². The number of hydrogen-bond acceptors (Lipinski definition) is 2. The van der Waals surface area contributed by atoms with E-state index in [-0.39, 0.29) is 0 Å². The van der Waals surface area contributed by atoms with Gasteiger partial charge in [0, 0.05) is 36.0 Å². The molecule has 2 saturated heterocycles. The van der Waals surface area contributed by atoms with Crippen molar-refractivity contribution in [2.45, 2.75) is 51.5 Å². The van der Waals surface area contributed by atoms with Crippen LogP contribution in [0.5, 0.6) is 0 Å². The normalized spacial score (nSPS) is 29.1. The van der Waals surface area contributed by atoms with Gasteiger partial charge in [0.25, 0.3) is 0 Å². The molecule has 0 amide bonds. The fourth-order valence-electron chi connectivity index (χ4n) is 6.00. The third kappa shape index (κ3) is 3.66. The van der Waals surface area contributed by atoms with Crippen LogP contribution < -0.4 is 0 Å². The Morgan fingerprint density at radius 1 is 1.07 bits per heavy atom. The topological polar surface area (TPSA) is 16.1 Å². The van der Waals surface area contributed by atoms with E-state index in [1.54, 1.807) is 0 Å². The minimum absolute atomic E-state index is 0.645. The van der Waals surface area contributed by atoms with E-state index in [2.05, 4.69) is 67.0 Å². The van der Waals surface area contributed by atoms with Gasteiger partial charge in [0.2, 0.25) is 0 Å². The number of benzene rings is 1. The molecule has 0 bridgehead atoms. The monoisotopic (exact) mass is 384 g/mol. The lowest BCUT2D eigenvalue weighted by molar-refractivity contribution is 0.0402. The zero-order valence-corrected chi connectivity index (χ0v) is 17.6. The molecule has 4 unspecified atom stereocenters. The Labute approximate surface area is 175 Å². The quantitative estimate of drug-likeness (QED) is 0.602. The van der Waals surface area contributed by atoms with Gasteiger partial charge in [-0.05, 0) is 62.1 Å². The van der Waals surface area contributed by atoms with Crippen LogP contribution in [-0.2, 0) is 0 Å². The molecular weight excluding hydrogens is 352 g/mol. The van der Waals surface area contributed by atoms with Crippen LogP contribution in [0.4, 0.5) is 0 Å². The Hall–Kier alpha value is -2.35. The largest absolute Gasteiger partial charge is 0.371 e. The molecule has 1 aromatic carbocycles. The van der Waals surface area contributed by atoms with Gasteiger partial charge >= 0.3 is 0 Å². The number of aromatic nitrogens is 1. The number of allylic oxidation sites excluding steroid dienone is 1. The van der Waals surface area contributed by atoms with Crippen LogP contribution >= 0.6 is 0 Å². The summed E-state index contributed by atoms with van der Waals surface area (Å²) in [6.07, 6.45) is 14.9.